The number of carbonyl (C=O) groups excluding carboxylic acids is 2. The van der Waals surface area contributed by atoms with Gasteiger partial charge in [0, 0.05) is 7.05 Å². The van der Waals surface area contributed by atoms with E-state index in [4.69, 9.17) is 0 Å². The summed E-state index contributed by atoms with van der Waals surface area (Å²) in [5.41, 5.74) is 0. The van der Waals surface area contributed by atoms with E-state index >= 15 is 0 Å². The number of nitrogens with zero attached hydrogens (tertiary/aromatic N) is 1. The van der Waals surface area contributed by atoms with Gasteiger partial charge in [0.05, 0.1) is 11.8 Å². The van der Waals surface area contributed by atoms with Crippen molar-refractivity contribution in [1.82, 2.24) is 4.90 Å². The van der Waals surface area contributed by atoms with Crippen LogP contribution >= 0.6 is 0 Å². The highest BCUT2D eigenvalue weighted by Crippen LogP contribution is 2.67. The highest BCUT2D eigenvalue weighted by atomic mass is 16.2. The Labute approximate surface area is 88.8 Å². The molecular weight excluding hydrogens is 190 g/mol. The molecule has 15 heavy (non-hydrogen) atoms. The molecule has 0 aromatic rings. The summed E-state index contributed by atoms with van der Waals surface area (Å²) in [4.78, 5) is 25.4. The highest BCUT2D eigenvalue weighted by Gasteiger charge is 2.67. The predicted octanol–water partition coefficient (Wildman–Crippen LogP) is 0.893. The van der Waals surface area contributed by atoms with Gasteiger partial charge in [0.1, 0.15) is 0 Å². The third-order valence-electron chi connectivity index (χ3n) is 5.37. The molecule has 0 N–H and O–H groups in total. The Kier molecular flexibility index (Phi) is 1.26. The lowest BCUT2D eigenvalue weighted by Crippen LogP contribution is -2.43. The first-order valence-corrected chi connectivity index (χ1v) is 6.01. The summed E-state index contributed by atoms with van der Waals surface area (Å²) in [6, 6.07) is 0. The minimum Gasteiger partial charge on any atom is -0.285 e. The Bertz CT molecular complexity index is 344. The van der Waals surface area contributed by atoms with Crippen LogP contribution in [0.4, 0.5) is 0 Å². The van der Waals surface area contributed by atoms with Gasteiger partial charge in [0.2, 0.25) is 11.8 Å². The maximum atomic E-state index is 12.0. The molecule has 3 nitrogen and oxygen atoms in total. The summed E-state index contributed by atoms with van der Waals surface area (Å²) >= 11 is 0. The molecule has 80 valence electrons. The molecule has 0 aromatic carbocycles. The molecule has 6 unspecified atom stereocenters. The van der Waals surface area contributed by atoms with Gasteiger partial charge >= 0.3 is 0 Å². The van der Waals surface area contributed by atoms with Gasteiger partial charge in [-0.05, 0) is 42.9 Å². The first kappa shape index (κ1) is 8.31. The SMILES string of the molecule is CN1C(=O)C2C3CCC(C4CC43)C2C1=O. The van der Waals surface area contributed by atoms with Crippen LogP contribution in [0.2, 0.25) is 0 Å². The van der Waals surface area contributed by atoms with Crippen LogP contribution in [-0.2, 0) is 9.59 Å². The number of fused-ring (bicyclic) bond motifs is 1. The van der Waals surface area contributed by atoms with Crippen molar-refractivity contribution in [1.29, 1.82) is 0 Å². The summed E-state index contributed by atoms with van der Waals surface area (Å²) < 4.78 is 0. The van der Waals surface area contributed by atoms with E-state index in [1.807, 2.05) is 0 Å². The van der Waals surface area contributed by atoms with Gasteiger partial charge < -0.3 is 0 Å². The van der Waals surface area contributed by atoms with Crippen molar-refractivity contribution in [3.63, 3.8) is 0 Å². The molecule has 1 saturated heterocycles. The second-order valence-corrected chi connectivity index (χ2v) is 5.76. The minimum absolute atomic E-state index is 0.0741. The maximum Gasteiger partial charge on any atom is 0.233 e. The minimum atomic E-state index is 0.0741. The zero-order valence-electron chi connectivity index (χ0n) is 8.85. The average molecular weight is 205 g/mol. The Balaban J connectivity index is 1.82. The molecule has 2 bridgehead atoms. The van der Waals surface area contributed by atoms with Gasteiger partial charge in [-0.1, -0.05) is 0 Å². The van der Waals surface area contributed by atoms with Crippen LogP contribution in [0.15, 0.2) is 0 Å². The number of hydrogen-bond acceptors (Lipinski definition) is 2. The lowest BCUT2D eigenvalue weighted by atomic mass is 9.59. The van der Waals surface area contributed by atoms with Gasteiger partial charge in [-0.3, -0.25) is 14.5 Å². The molecule has 4 aliphatic carbocycles. The van der Waals surface area contributed by atoms with Gasteiger partial charge in [-0.15, -0.1) is 0 Å². The molecule has 5 aliphatic rings. The highest BCUT2D eigenvalue weighted by molar-refractivity contribution is 6.05. The van der Waals surface area contributed by atoms with Gasteiger partial charge in [0.25, 0.3) is 0 Å². The Morgan fingerprint density at radius 3 is 1.87 bits per heavy atom. The van der Waals surface area contributed by atoms with Crippen LogP contribution in [0.25, 0.3) is 0 Å². The van der Waals surface area contributed by atoms with Gasteiger partial charge in [-0.2, -0.15) is 0 Å². The third-order valence-corrected chi connectivity index (χ3v) is 5.37. The summed E-state index contributed by atoms with van der Waals surface area (Å²) in [6.07, 6.45) is 3.69. The van der Waals surface area contributed by atoms with E-state index in [1.54, 1.807) is 7.05 Å². The molecule has 5 rings (SSSR count). The van der Waals surface area contributed by atoms with Crippen LogP contribution in [0.1, 0.15) is 19.3 Å². The molecule has 4 saturated carbocycles. The molecule has 0 radical (unpaired) electrons. The van der Waals surface area contributed by atoms with E-state index in [0.717, 1.165) is 11.8 Å². The molecule has 0 spiro atoms. The van der Waals surface area contributed by atoms with Crippen LogP contribution < -0.4 is 0 Å². The van der Waals surface area contributed by atoms with E-state index in [9.17, 15) is 9.59 Å². The standard InChI is InChI=1S/C12H15NO2/c1-13-11(14)9-5-2-3-6(8-4-7(5)8)10(9)12(13)15/h5-10H,2-4H2,1H3. The van der Waals surface area contributed by atoms with Crippen LogP contribution in [0.3, 0.4) is 0 Å². The van der Waals surface area contributed by atoms with E-state index in [-0.39, 0.29) is 23.7 Å². The second kappa shape index (κ2) is 2.28. The smallest absolute Gasteiger partial charge is 0.233 e. The summed E-state index contributed by atoms with van der Waals surface area (Å²) in [7, 11) is 1.66. The van der Waals surface area contributed by atoms with Crippen LogP contribution in [0.5, 0.6) is 0 Å². The van der Waals surface area contributed by atoms with E-state index in [0.29, 0.717) is 11.8 Å². The second-order valence-electron chi connectivity index (χ2n) is 5.76. The van der Waals surface area contributed by atoms with Crippen LogP contribution in [0, 0.1) is 35.5 Å². The fourth-order valence-corrected chi connectivity index (χ4v) is 4.69. The quantitative estimate of drug-likeness (QED) is 0.551. The molecule has 3 heteroatoms. The predicted molar refractivity (Wildman–Crippen MR) is 52.6 cm³/mol. The van der Waals surface area contributed by atoms with Crippen molar-refractivity contribution in [3.8, 4) is 0 Å². The van der Waals surface area contributed by atoms with E-state index < -0.39 is 0 Å². The molecule has 1 heterocycles. The topological polar surface area (TPSA) is 37.4 Å². The molecular formula is C12H15NO2. The number of hydrogen-bond donors (Lipinski definition) is 0. The number of rotatable bonds is 0. The molecule has 0 aromatic heterocycles. The molecule has 1 aliphatic heterocycles. The lowest BCUT2D eigenvalue weighted by Gasteiger charge is -2.42. The zero-order chi connectivity index (χ0) is 10.3. The number of carbonyl (C=O) groups is 2. The monoisotopic (exact) mass is 205 g/mol. The van der Waals surface area contributed by atoms with Crippen molar-refractivity contribution in [3.05, 3.63) is 0 Å². The van der Waals surface area contributed by atoms with Gasteiger partial charge in [-0.25, -0.2) is 0 Å². The largest absolute Gasteiger partial charge is 0.285 e. The van der Waals surface area contributed by atoms with E-state index in [2.05, 4.69) is 0 Å². The first-order valence-electron chi connectivity index (χ1n) is 6.01. The number of imide groups is 1. The van der Waals surface area contributed by atoms with Crippen molar-refractivity contribution < 1.29 is 9.59 Å². The molecule has 2 amide bonds. The fraction of sp³-hybridized carbons (Fsp3) is 0.833. The third kappa shape index (κ3) is 0.766. The van der Waals surface area contributed by atoms with Crippen molar-refractivity contribution >= 4 is 11.8 Å². The first-order chi connectivity index (χ1) is 7.20. The summed E-state index contributed by atoms with van der Waals surface area (Å²) in [5, 5.41) is 0. The van der Waals surface area contributed by atoms with Gasteiger partial charge in [0.15, 0.2) is 0 Å². The van der Waals surface area contributed by atoms with Crippen molar-refractivity contribution in [2.45, 2.75) is 19.3 Å². The Morgan fingerprint density at radius 1 is 0.933 bits per heavy atom. The van der Waals surface area contributed by atoms with Crippen molar-refractivity contribution in [2.75, 3.05) is 7.05 Å². The van der Waals surface area contributed by atoms with Crippen molar-refractivity contribution in [2.24, 2.45) is 35.5 Å². The number of amides is 2. The molecule has 6 atom stereocenters. The normalized spacial score (nSPS) is 55.7. The van der Waals surface area contributed by atoms with Crippen LogP contribution in [-0.4, -0.2) is 23.8 Å². The summed E-state index contributed by atoms with van der Waals surface area (Å²) in [5.74, 6) is 3.07. The lowest BCUT2D eigenvalue weighted by molar-refractivity contribution is -0.138. The maximum absolute atomic E-state index is 12.0. The Morgan fingerprint density at radius 2 is 1.40 bits per heavy atom. The fourth-order valence-electron chi connectivity index (χ4n) is 4.69. The van der Waals surface area contributed by atoms with E-state index in [1.165, 1.54) is 24.2 Å². The molecule has 5 fully saturated rings. The zero-order valence-corrected chi connectivity index (χ0v) is 8.85. The number of likely N-dealkylation sites (tertiary alicyclic amines) is 1. The average Bonchev–Trinajstić information content (AvgIpc) is 3.02. The Hall–Kier alpha value is -0.860. The summed E-state index contributed by atoms with van der Waals surface area (Å²) in [6.45, 7) is 0.